The molecule has 1 saturated heterocycles. The summed E-state index contributed by atoms with van der Waals surface area (Å²) in [6.07, 6.45) is 6.16. The molecule has 0 saturated carbocycles. The number of likely N-dealkylation sites (tertiary alicyclic amines) is 1. The normalized spacial score (nSPS) is 23.2. The highest BCUT2D eigenvalue weighted by Crippen LogP contribution is 2.40. The molecular weight excluding hydrogens is 316 g/mol. The summed E-state index contributed by atoms with van der Waals surface area (Å²) in [5, 5.41) is 15.7. The highest BCUT2D eigenvalue weighted by molar-refractivity contribution is 5.26. The molecule has 25 heavy (non-hydrogen) atoms. The number of hydrogen-bond donors (Lipinski definition) is 2. The highest BCUT2D eigenvalue weighted by atomic mass is 16.5. The van der Waals surface area contributed by atoms with Crippen LogP contribution in [-0.4, -0.2) is 51.1 Å². The maximum atomic E-state index is 6.24. The lowest BCUT2D eigenvalue weighted by Crippen LogP contribution is -2.46. The van der Waals surface area contributed by atoms with Crippen LogP contribution in [-0.2, 0) is 36.4 Å². The summed E-state index contributed by atoms with van der Waals surface area (Å²) in [5.74, 6) is 0. The molecule has 134 valence electrons. The standard InChI is InChI=1S/C18H26N6O/c1-5-19-12-16-10-15(22-24(16)6-1)13-23-7-3-18(4-8-23)17-14(2-9-25-18)11-20-21-17/h10-11,19H,1-9,12-13H2,(H,20,21). The summed E-state index contributed by atoms with van der Waals surface area (Å²) in [6, 6.07) is 2.27. The minimum absolute atomic E-state index is 0.143. The zero-order chi connectivity index (χ0) is 16.7. The second-order valence-corrected chi connectivity index (χ2v) is 7.52. The van der Waals surface area contributed by atoms with Crippen LogP contribution in [0.25, 0.3) is 0 Å². The van der Waals surface area contributed by atoms with E-state index in [1.807, 2.05) is 6.20 Å². The molecule has 7 nitrogen and oxygen atoms in total. The van der Waals surface area contributed by atoms with E-state index < -0.39 is 0 Å². The van der Waals surface area contributed by atoms with Gasteiger partial charge in [0, 0.05) is 32.7 Å². The maximum absolute atomic E-state index is 6.24. The SMILES string of the molecule is c1n[nH]c2c1CCOC21CCN(Cc2cc3n(n2)CCCNC3)CC1. The van der Waals surface area contributed by atoms with Crippen molar-refractivity contribution in [3.8, 4) is 0 Å². The second kappa shape index (κ2) is 6.23. The molecule has 2 aromatic heterocycles. The van der Waals surface area contributed by atoms with Gasteiger partial charge in [-0.3, -0.25) is 14.7 Å². The molecule has 1 spiro atoms. The van der Waals surface area contributed by atoms with Gasteiger partial charge in [-0.1, -0.05) is 0 Å². The maximum Gasteiger partial charge on any atom is 0.112 e. The Morgan fingerprint density at radius 2 is 2.16 bits per heavy atom. The fourth-order valence-electron chi connectivity index (χ4n) is 4.52. The number of aromatic nitrogens is 4. The van der Waals surface area contributed by atoms with E-state index in [1.165, 1.54) is 22.6 Å². The number of ether oxygens (including phenoxy) is 1. The molecule has 1 fully saturated rings. The average molecular weight is 342 g/mol. The molecule has 2 N–H and O–H groups in total. The van der Waals surface area contributed by atoms with Gasteiger partial charge in [-0.05, 0) is 43.9 Å². The first-order valence-corrected chi connectivity index (χ1v) is 9.48. The third-order valence-corrected chi connectivity index (χ3v) is 5.92. The Hall–Kier alpha value is -1.70. The van der Waals surface area contributed by atoms with Gasteiger partial charge >= 0.3 is 0 Å². The predicted molar refractivity (Wildman–Crippen MR) is 93.0 cm³/mol. The molecule has 0 unspecified atom stereocenters. The summed E-state index contributed by atoms with van der Waals surface area (Å²) in [6.45, 7) is 6.88. The van der Waals surface area contributed by atoms with Crippen LogP contribution in [0, 0.1) is 0 Å². The fourth-order valence-corrected chi connectivity index (χ4v) is 4.52. The molecule has 0 atom stereocenters. The Bertz CT molecular complexity index is 719. The van der Waals surface area contributed by atoms with Crippen molar-refractivity contribution in [2.24, 2.45) is 0 Å². The number of fused-ring (bicyclic) bond motifs is 3. The van der Waals surface area contributed by atoms with Crippen molar-refractivity contribution in [3.05, 3.63) is 34.9 Å². The van der Waals surface area contributed by atoms with Crippen LogP contribution in [0.15, 0.2) is 12.3 Å². The van der Waals surface area contributed by atoms with Gasteiger partial charge in [0.25, 0.3) is 0 Å². The summed E-state index contributed by atoms with van der Waals surface area (Å²) < 4.78 is 8.43. The molecule has 0 radical (unpaired) electrons. The molecule has 7 heteroatoms. The van der Waals surface area contributed by atoms with E-state index in [1.54, 1.807) is 0 Å². The van der Waals surface area contributed by atoms with Crippen molar-refractivity contribution in [1.82, 2.24) is 30.2 Å². The number of aryl methyl sites for hydroxylation is 1. The van der Waals surface area contributed by atoms with Crippen molar-refractivity contribution in [1.29, 1.82) is 0 Å². The summed E-state index contributed by atoms with van der Waals surface area (Å²) in [4.78, 5) is 2.51. The number of H-pyrrole nitrogens is 1. The minimum Gasteiger partial charge on any atom is -0.368 e. The molecule has 5 rings (SSSR count). The lowest BCUT2D eigenvalue weighted by Gasteiger charge is -2.43. The van der Waals surface area contributed by atoms with E-state index in [9.17, 15) is 0 Å². The van der Waals surface area contributed by atoms with Gasteiger partial charge in [0.05, 0.1) is 29.9 Å². The van der Waals surface area contributed by atoms with E-state index in [4.69, 9.17) is 9.84 Å². The molecule has 3 aliphatic rings. The molecule has 0 aromatic carbocycles. The lowest BCUT2D eigenvalue weighted by molar-refractivity contribution is -0.102. The zero-order valence-electron chi connectivity index (χ0n) is 14.6. The molecule has 0 amide bonds. The van der Waals surface area contributed by atoms with Crippen LogP contribution in [0.2, 0.25) is 0 Å². The van der Waals surface area contributed by atoms with Gasteiger partial charge < -0.3 is 10.1 Å². The zero-order valence-corrected chi connectivity index (χ0v) is 14.6. The molecule has 0 bridgehead atoms. The monoisotopic (exact) mass is 342 g/mol. The van der Waals surface area contributed by atoms with Crippen LogP contribution >= 0.6 is 0 Å². The Balaban J connectivity index is 1.26. The minimum atomic E-state index is -0.143. The molecular formula is C18H26N6O. The number of rotatable bonds is 2. The van der Waals surface area contributed by atoms with Crippen LogP contribution in [0.3, 0.4) is 0 Å². The number of aromatic amines is 1. The van der Waals surface area contributed by atoms with Gasteiger partial charge in [0.1, 0.15) is 5.60 Å². The quantitative estimate of drug-likeness (QED) is 0.857. The second-order valence-electron chi connectivity index (χ2n) is 7.52. The van der Waals surface area contributed by atoms with Crippen LogP contribution in [0.4, 0.5) is 0 Å². The third kappa shape index (κ3) is 2.80. The van der Waals surface area contributed by atoms with Crippen molar-refractivity contribution >= 4 is 0 Å². The first kappa shape index (κ1) is 15.5. The van der Waals surface area contributed by atoms with E-state index >= 15 is 0 Å². The molecule has 5 heterocycles. The van der Waals surface area contributed by atoms with Crippen LogP contribution in [0.5, 0.6) is 0 Å². The van der Waals surface area contributed by atoms with Crippen molar-refractivity contribution in [2.75, 3.05) is 26.2 Å². The molecule has 3 aliphatic heterocycles. The van der Waals surface area contributed by atoms with E-state index in [2.05, 4.69) is 31.2 Å². The third-order valence-electron chi connectivity index (χ3n) is 5.92. The number of nitrogens with one attached hydrogen (secondary N) is 2. The first-order chi connectivity index (χ1) is 12.3. The van der Waals surface area contributed by atoms with E-state index in [-0.39, 0.29) is 5.60 Å². The smallest absolute Gasteiger partial charge is 0.112 e. The average Bonchev–Trinajstić information content (AvgIpc) is 3.20. The summed E-state index contributed by atoms with van der Waals surface area (Å²) in [7, 11) is 0. The number of nitrogens with zero attached hydrogens (tertiary/aromatic N) is 4. The largest absolute Gasteiger partial charge is 0.368 e. The van der Waals surface area contributed by atoms with Crippen molar-refractivity contribution in [2.45, 2.75) is 50.9 Å². The Morgan fingerprint density at radius 1 is 1.24 bits per heavy atom. The van der Waals surface area contributed by atoms with Crippen molar-refractivity contribution < 1.29 is 4.74 Å². The Kier molecular flexibility index (Phi) is 3.87. The molecule has 0 aliphatic carbocycles. The Morgan fingerprint density at radius 3 is 3.08 bits per heavy atom. The Labute approximate surface area is 147 Å². The van der Waals surface area contributed by atoms with Gasteiger partial charge in [0.15, 0.2) is 0 Å². The van der Waals surface area contributed by atoms with Gasteiger partial charge in [-0.2, -0.15) is 10.2 Å². The van der Waals surface area contributed by atoms with Crippen LogP contribution in [0.1, 0.15) is 41.9 Å². The molecule has 2 aromatic rings. The van der Waals surface area contributed by atoms with Crippen LogP contribution < -0.4 is 5.32 Å². The summed E-state index contributed by atoms with van der Waals surface area (Å²) in [5.41, 5.74) is 4.93. The lowest BCUT2D eigenvalue weighted by atomic mass is 9.84. The van der Waals surface area contributed by atoms with Gasteiger partial charge in [-0.25, -0.2) is 0 Å². The van der Waals surface area contributed by atoms with E-state index in [0.29, 0.717) is 0 Å². The van der Waals surface area contributed by atoms with E-state index in [0.717, 1.165) is 71.6 Å². The fraction of sp³-hybridized carbons (Fsp3) is 0.667. The van der Waals surface area contributed by atoms with Gasteiger partial charge in [-0.15, -0.1) is 0 Å². The highest BCUT2D eigenvalue weighted by Gasteiger charge is 2.42. The van der Waals surface area contributed by atoms with Gasteiger partial charge in [0.2, 0.25) is 0 Å². The predicted octanol–water partition coefficient (Wildman–Crippen LogP) is 1.16. The first-order valence-electron chi connectivity index (χ1n) is 9.48. The topological polar surface area (TPSA) is 71.0 Å². The number of hydrogen-bond acceptors (Lipinski definition) is 5. The van der Waals surface area contributed by atoms with Crippen molar-refractivity contribution in [3.63, 3.8) is 0 Å². The number of piperidine rings is 1. The summed E-state index contributed by atoms with van der Waals surface area (Å²) >= 11 is 0.